The van der Waals surface area contributed by atoms with Crippen LogP contribution in [0.15, 0.2) is 23.7 Å². The molecule has 22 heavy (non-hydrogen) atoms. The van der Waals surface area contributed by atoms with Gasteiger partial charge in [0.05, 0.1) is 17.0 Å². The molecule has 2 aromatic heterocycles. The second kappa shape index (κ2) is 8.53. The van der Waals surface area contributed by atoms with E-state index in [1.807, 2.05) is 17.1 Å². The minimum Gasteiger partial charge on any atom is -0.357 e. The molecule has 2 heterocycles. The Labute approximate surface area is 135 Å². The predicted molar refractivity (Wildman–Crippen MR) is 91.5 cm³/mol. The average Bonchev–Trinajstić information content (AvgIpc) is 3.10. The fourth-order valence-corrected chi connectivity index (χ4v) is 2.90. The first-order valence-electron chi connectivity index (χ1n) is 7.60. The number of guanidine groups is 1. The van der Waals surface area contributed by atoms with Gasteiger partial charge in [0, 0.05) is 49.9 Å². The summed E-state index contributed by atoms with van der Waals surface area (Å²) in [7, 11) is 0. The van der Waals surface area contributed by atoms with Gasteiger partial charge in [0.25, 0.3) is 0 Å². The summed E-state index contributed by atoms with van der Waals surface area (Å²) in [4.78, 5) is 14.5. The number of aromatic nitrogens is 3. The average molecular weight is 320 g/mol. The molecule has 0 bridgehead atoms. The number of nitrogens with zero attached hydrogens (tertiary/aromatic N) is 4. The molecule has 0 atom stereocenters. The molecule has 0 aliphatic carbocycles. The van der Waals surface area contributed by atoms with Crippen molar-refractivity contribution in [2.75, 3.05) is 19.6 Å². The van der Waals surface area contributed by atoms with Crippen LogP contribution in [0.1, 0.15) is 22.5 Å². The fourth-order valence-electron chi connectivity index (χ4n) is 1.97. The number of thiazole rings is 1. The Morgan fingerprint density at radius 3 is 2.86 bits per heavy atom. The highest BCUT2D eigenvalue weighted by Crippen LogP contribution is 2.16. The van der Waals surface area contributed by atoms with E-state index in [-0.39, 0.29) is 0 Å². The predicted octanol–water partition coefficient (Wildman–Crippen LogP) is 1.75. The number of hydrogen-bond acceptors (Lipinski definition) is 4. The van der Waals surface area contributed by atoms with E-state index < -0.39 is 0 Å². The van der Waals surface area contributed by atoms with Gasteiger partial charge in [-0.05, 0) is 20.8 Å². The summed E-state index contributed by atoms with van der Waals surface area (Å²) in [5, 5.41) is 7.76. The van der Waals surface area contributed by atoms with Crippen molar-refractivity contribution in [3.05, 3.63) is 34.3 Å². The highest BCUT2D eigenvalue weighted by molar-refractivity contribution is 7.11. The van der Waals surface area contributed by atoms with Gasteiger partial charge in [0.15, 0.2) is 5.96 Å². The van der Waals surface area contributed by atoms with Crippen LogP contribution in [-0.2, 0) is 13.0 Å². The summed E-state index contributed by atoms with van der Waals surface area (Å²) in [6, 6.07) is 0. The van der Waals surface area contributed by atoms with Gasteiger partial charge in [0.1, 0.15) is 0 Å². The van der Waals surface area contributed by atoms with Crippen molar-refractivity contribution in [2.45, 2.75) is 33.7 Å². The second-order valence-corrected chi connectivity index (χ2v) is 6.27. The first-order chi connectivity index (χ1) is 10.7. The number of aryl methyl sites for hydroxylation is 2. The Morgan fingerprint density at radius 2 is 2.23 bits per heavy atom. The highest BCUT2D eigenvalue weighted by Gasteiger charge is 2.03. The lowest BCUT2D eigenvalue weighted by molar-refractivity contribution is 0.662. The molecule has 0 aromatic carbocycles. The lowest BCUT2D eigenvalue weighted by atomic mass is 10.4. The van der Waals surface area contributed by atoms with E-state index >= 15 is 0 Å². The van der Waals surface area contributed by atoms with Crippen molar-refractivity contribution in [1.82, 2.24) is 25.2 Å². The first-order valence-corrected chi connectivity index (χ1v) is 8.41. The SMILES string of the molecule is CCNC(=NCCc1nc(C)c(C)s1)NCCn1ccnc1. The van der Waals surface area contributed by atoms with Gasteiger partial charge in [0.2, 0.25) is 0 Å². The van der Waals surface area contributed by atoms with Crippen molar-refractivity contribution in [2.24, 2.45) is 4.99 Å². The van der Waals surface area contributed by atoms with E-state index in [0.29, 0.717) is 0 Å². The summed E-state index contributed by atoms with van der Waals surface area (Å²) in [6.07, 6.45) is 6.45. The monoisotopic (exact) mass is 320 g/mol. The van der Waals surface area contributed by atoms with E-state index in [9.17, 15) is 0 Å². The van der Waals surface area contributed by atoms with E-state index in [0.717, 1.165) is 49.3 Å². The van der Waals surface area contributed by atoms with Gasteiger partial charge in [-0.2, -0.15) is 0 Å². The van der Waals surface area contributed by atoms with Gasteiger partial charge in [-0.15, -0.1) is 11.3 Å². The van der Waals surface area contributed by atoms with Crippen LogP contribution in [0.4, 0.5) is 0 Å². The van der Waals surface area contributed by atoms with Crippen molar-refractivity contribution in [1.29, 1.82) is 0 Å². The molecule has 0 spiro atoms. The molecule has 2 rings (SSSR count). The maximum Gasteiger partial charge on any atom is 0.191 e. The van der Waals surface area contributed by atoms with E-state index in [2.05, 4.69) is 46.4 Å². The summed E-state index contributed by atoms with van der Waals surface area (Å²) in [6.45, 7) is 9.52. The van der Waals surface area contributed by atoms with Crippen molar-refractivity contribution in [3.8, 4) is 0 Å². The molecule has 0 amide bonds. The van der Waals surface area contributed by atoms with Crippen LogP contribution in [0.5, 0.6) is 0 Å². The molecule has 0 aliphatic rings. The van der Waals surface area contributed by atoms with Crippen LogP contribution in [0.3, 0.4) is 0 Å². The van der Waals surface area contributed by atoms with E-state index in [1.165, 1.54) is 4.88 Å². The third kappa shape index (κ3) is 5.14. The van der Waals surface area contributed by atoms with Crippen molar-refractivity contribution in [3.63, 3.8) is 0 Å². The van der Waals surface area contributed by atoms with Gasteiger partial charge < -0.3 is 15.2 Å². The van der Waals surface area contributed by atoms with E-state index in [1.54, 1.807) is 17.5 Å². The van der Waals surface area contributed by atoms with Gasteiger partial charge in [-0.1, -0.05) is 0 Å². The number of imidazole rings is 1. The minimum atomic E-state index is 0.743. The van der Waals surface area contributed by atoms with Gasteiger partial charge in [-0.25, -0.2) is 9.97 Å². The minimum absolute atomic E-state index is 0.743. The quantitative estimate of drug-likeness (QED) is 0.602. The summed E-state index contributed by atoms with van der Waals surface area (Å²) in [5.74, 6) is 0.854. The molecule has 0 fully saturated rings. The Kier molecular flexibility index (Phi) is 6.39. The van der Waals surface area contributed by atoms with Gasteiger partial charge >= 0.3 is 0 Å². The Morgan fingerprint density at radius 1 is 1.36 bits per heavy atom. The number of aliphatic imine (C=N–C) groups is 1. The second-order valence-electron chi connectivity index (χ2n) is 4.99. The molecule has 7 heteroatoms. The molecule has 0 radical (unpaired) electrons. The van der Waals surface area contributed by atoms with Crippen molar-refractivity contribution < 1.29 is 0 Å². The Hall–Kier alpha value is -1.89. The van der Waals surface area contributed by atoms with E-state index in [4.69, 9.17) is 0 Å². The smallest absolute Gasteiger partial charge is 0.191 e. The molecule has 0 saturated carbocycles. The number of hydrogen-bond donors (Lipinski definition) is 2. The Balaban J connectivity index is 1.78. The number of rotatable bonds is 7. The molecular formula is C15H24N6S. The lowest BCUT2D eigenvalue weighted by Gasteiger charge is -2.11. The molecule has 0 aliphatic heterocycles. The zero-order chi connectivity index (χ0) is 15.8. The normalized spacial score (nSPS) is 11.7. The van der Waals surface area contributed by atoms with Crippen molar-refractivity contribution >= 4 is 17.3 Å². The zero-order valence-electron chi connectivity index (χ0n) is 13.5. The molecule has 0 saturated heterocycles. The standard InChI is InChI=1S/C15H24N6S/c1-4-17-15(19-8-10-21-9-7-16-11-21)18-6-5-14-20-12(2)13(3)22-14/h7,9,11H,4-6,8,10H2,1-3H3,(H2,17,18,19). The van der Waals surface area contributed by atoms with Crippen LogP contribution in [0.2, 0.25) is 0 Å². The first kappa shape index (κ1) is 16.5. The molecule has 2 aromatic rings. The lowest BCUT2D eigenvalue weighted by Crippen LogP contribution is -2.39. The zero-order valence-corrected chi connectivity index (χ0v) is 14.3. The maximum absolute atomic E-state index is 4.60. The third-order valence-corrected chi connectivity index (χ3v) is 4.37. The van der Waals surface area contributed by atoms with Crippen LogP contribution >= 0.6 is 11.3 Å². The Bertz CT molecular complexity index is 568. The van der Waals surface area contributed by atoms with Crippen LogP contribution in [-0.4, -0.2) is 40.1 Å². The molecule has 120 valence electrons. The van der Waals surface area contributed by atoms with Crippen LogP contribution in [0.25, 0.3) is 0 Å². The largest absolute Gasteiger partial charge is 0.357 e. The molecular weight excluding hydrogens is 296 g/mol. The van der Waals surface area contributed by atoms with Crippen LogP contribution < -0.4 is 10.6 Å². The van der Waals surface area contributed by atoms with Gasteiger partial charge in [-0.3, -0.25) is 4.99 Å². The third-order valence-electron chi connectivity index (χ3n) is 3.23. The summed E-state index contributed by atoms with van der Waals surface area (Å²) < 4.78 is 2.04. The number of nitrogens with one attached hydrogen (secondary N) is 2. The fraction of sp³-hybridized carbons (Fsp3) is 0.533. The summed E-state index contributed by atoms with van der Waals surface area (Å²) >= 11 is 1.76. The molecule has 2 N–H and O–H groups in total. The highest BCUT2D eigenvalue weighted by atomic mass is 32.1. The van der Waals surface area contributed by atoms with Crippen LogP contribution in [0, 0.1) is 13.8 Å². The maximum atomic E-state index is 4.60. The molecule has 0 unspecified atom stereocenters. The summed E-state index contributed by atoms with van der Waals surface area (Å²) in [5.41, 5.74) is 1.13. The topological polar surface area (TPSA) is 67.1 Å². The molecule has 6 nitrogen and oxygen atoms in total.